The third-order valence-corrected chi connectivity index (χ3v) is 4.42. The van der Waals surface area contributed by atoms with Crippen molar-refractivity contribution in [3.8, 4) is 0 Å². The number of thioether (sulfide) groups is 1. The van der Waals surface area contributed by atoms with Gasteiger partial charge in [-0.1, -0.05) is 26.2 Å². The molecular weight excluding hydrogens is 178 g/mol. The van der Waals surface area contributed by atoms with Gasteiger partial charge in [0, 0.05) is 11.3 Å². The predicted octanol–water partition coefficient (Wildman–Crippen LogP) is 3.05. The van der Waals surface area contributed by atoms with Crippen LogP contribution in [0.3, 0.4) is 0 Å². The Kier molecular flexibility index (Phi) is 5.88. The highest BCUT2D eigenvalue weighted by molar-refractivity contribution is 7.99. The first kappa shape index (κ1) is 11.4. The fraction of sp³-hybridized carbons (Fsp3) is 1.00. The van der Waals surface area contributed by atoms with Crippen molar-refractivity contribution < 1.29 is 0 Å². The zero-order valence-electron chi connectivity index (χ0n) is 9.01. The molecule has 0 amide bonds. The molecule has 0 aromatic rings. The fourth-order valence-electron chi connectivity index (χ4n) is 2.01. The van der Waals surface area contributed by atoms with Crippen LogP contribution in [0, 0.1) is 0 Å². The van der Waals surface area contributed by atoms with E-state index in [9.17, 15) is 0 Å². The zero-order valence-corrected chi connectivity index (χ0v) is 9.83. The highest BCUT2D eigenvalue weighted by Gasteiger charge is 2.23. The minimum absolute atomic E-state index is 0.788. The molecule has 1 aliphatic rings. The van der Waals surface area contributed by atoms with Crippen LogP contribution in [-0.2, 0) is 0 Å². The van der Waals surface area contributed by atoms with E-state index >= 15 is 0 Å². The maximum atomic E-state index is 3.46. The molecule has 0 heterocycles. The topological polar surface area (TPSA) is 12.0 Å². The normalized spacial score (nSPS) is 29.1. The van der Waals surface area contributed by atoms with Gasteiger partial charge in [0.05, 0.1) is 0 Å². The van der Waals surface area contributed by atoms with Gasteiger partial charge < -0.3 is 5.32 Å². The summed E-state index contributed by atoms with van der Waals surface area (Å²) < 4.78 is 0. The average Bonchev–Trinajstić information content (AvgIpc) is 2.19. The first-order valence-electron chi connectivity index (χ1n) is 5.67. The summed E-state index contributed by atoms with van der Waals surface area (Å²) in [4.78, 5) is 0. The number of rotatable bonds is 5. The van der Waals surface area contributed by atoms with Crippen LogP contribution in [0.1, 0.15) is 45.4 Å². The Balaban J connectivity index is 2.19. The van der Waals surface area contributed by atoms with Crippen LogP contribution in [0.4, 0.5) is 0 Å². The van der Waals surface area contributed by atoms with Crippen LogP contribution >= 0.6 is 11.8 Å². The molecule has 0 saturated heterocycles. The molecule has 0 aliphatic heterocycles. The molecule has 1 saturated carbocycles. The lowest BCUT2D eigenvalue weighted by Gasteiger charge is -2.30. The highest BCUT2D eigenvalue weighted by atomic mass is 32.2. The Morgan fingerprint density at radius 2 is 2.08 bits per heavy atom. The second kappa shape index (κ2) is 6.72. The van der Waals surface area contributed by atoms with Crippen molar-refractivity contribution in [2.75, 3.05) is 12.8 Å². The number of unbranched alkanes of at least 4 members (excludes halogenated alkanes) is 1. The van der Waals surface area contributed by atoms with Gasteiger partial charge in [-0.3, -0.25) is 0 Å². The van der Waals surface area contributed by atoms with Crippen molar-refractivity contribution in [1.29, 1.82) is 0 Å². The Labute approximate surface area is 87.1 Å². The van der Waals surface area contributed by atoms with E-state index in [-0.39, 0.29) is 0 Å². The summed E-state index contributed by atoms with van der Waals surface area (Å²) in [6.45, 7) is 2.27. The van der Waals surface area contributed by atoms with Gasteiger partial charge in [0.1, 0.15) is 0 Å². The molecule has 0 radical (unpaired) electrons. The van der Waals surface area contributed by atoms with Gasteiger partial charge in [0.25, 0.3) is 0 Å². The molecule has 1 rings (SSSR count). The monoisotopic (exact) mass is 201 g/mol. The van der Waals surface area contributed by atoms with Crippen molar-refractivity contribution in [2.45, 2.75) is 56.7 Å². The van der Waals surface area contributed by atoms with E-state index in [0.29, 0.717) is 0 Å². The van der Waals surface area contributed by atoms with Crippen LogP contribution < -0.4 is 5.32 Å². The molecule has 13 heavy (non-hydrogen) atoms. The Morgan fingerprint density at radius 3 is 2.77 bits per heavy atom. The summed E-state index contributed by atoms with van der Waals surface area (Å²) >= 11 is 2.19. The summed E-state index contributed by atoms with van der Waals surface area (Å²) in [7, 11) is 2.11. The molecule has 0 spiro atoms. The minimum Gasteiger partial charge on any atom is -0.316 e. The van der Waals surface area contributed by atoms with Gasteiger partial charge in [0.15, 0.2) is 0 Å². The standard InChI is InChI=1S/C11H23NS/c1-3-4-9-13-11-8-6-5-7-10(11)12-2/h10-12H,3-9H2,1-2H3. The van der Waals surface area contributed by atoms with Gasteiger partial charge in [-0.25, -0.2) is 0 Å². The smallest absolute Gasteiger partial charge is 0.0201 e. The first-order valence-corrected chi connectivity index (χ1v) is 6.72. The van der Waals surface area contributed by atoms with Crippen molar-refractivity contribution in [2.24, 2.45) is 0 Å². The summed E-state index contributed by atoms with van der Waals surface area (Å²) in [6.07, 6.45) is 8.42. The second-order valence-electron chi connectivity index (χ2n) is 3.94. The Hall–Kier alpha value is 0.310. The van der Waals surface area contributed by atoms with Crippen LogP contribution in [-0.4, -0.2) is 24.1 Å². The fourth-order valence-corrected chi connectivity index (χ4v) is 3.60. The van der Waals surface area contributed by atoms with E-state index in [1.165, 1.54) is 44.3 Å². The van der Waals surface area contributed by atoms with Crippen molar-refractivity contribution in [1.82, 2.24) is 5.32 Å². The Bertz CT molecular complexity index is 127. The lowest BCUT2D eigenvalue weighted by Crippen LogP contribution is -2.38. The number of hydrogen-bond donors (Lipinski definition) is 1. The zero-order chi connectivity index (χ0) is 9.52. The molecule has 78 valence electrons. The predicted molar refractivity (Wildman–Crippen MR) is 62.5 cm³/mol. The van der Waals surface area contributed by atoms with E-state index in [1.54, 1.807) is 0 Å². The molecule has 1 nitrogen and oxygen atoms in total. The van der Waals surface area contributed by atoms with Gasteiger partial charge in [-0.2, -0.15) is 11.8 Å². The van der Waals surface area contributed by atoms with Crippen LogP contribution in [0.5, 0.6) is 0 Å². The Morgan fingerprint density at radius 1 is 1.31 bits per heavy atom. The highest BCUT2D eigenvalue weighted by Crippen LogP contribution is 2.29. The van der Waals surface area contributed by atoms with Crippen molar-refractivity contribution >= 4 is 11.8 Å². The lowest BCUT2D eigenvalue weighted by atomic mass is 9.95. The number of nitrogens with one attached hydrogen (secondary N) is 1. The third kappa shape index (κ3) is 3.90. The second-order valence-corrected chi connectivity index (χ2v) is 5.29. The summed E-state index contributed by atoms with van der Waals surface area (Å²) in [6, 6.07) is 0.788. The van der Waals surface area contributed by atoms with Gasteiger partial charge in [0.2, 0.25) is 0 Å². The molecule has 0 aromatic heterocycles. The minimum atomic E-state index is 0.788. The van der Waals surface area contributed by atoms with Crippen LogP contribution in [0.25, 0.3) is 0 Å². The van der Waals surface area contributed by atoms with Crippen LogP contribution in [0.15, 0.2) is 0 Å². The maximum Gasteiger partial charge on any atom is 0.0201 e. The molecule has 1 fully saturated rings. The maximum absolute atomic E-state index is 3.46. The largest absolute Gasteiger partial charge is 0.316 e. The molecular formula is C11H23NS. The molecule has 1 N–H and O–H groups in total. The van der Waals surface area contributed by atoms with E-state index in [0.717, 1.165) is 11.3 Å². The third-order valence-electron chi connectivity index (χ3n) is 2.90. The molecule has 2 heteroatoms. The summed E-state index contributed by atoms with van der Waals surface area (Å²) in [5.74, 6) is 1.36. The quantitative estimate of drug-likeness (QED) is 0.686. The SMILES string of the molecule is CCCCSC1CCCCC1NC. The lowest BCUT2D eigenvalue weighted by molar-refractivity contribution is 0.405. The van der Waals surface area contributed by atoms with E-state index in [1.807, 2.05) is 0 Å². The first-order chi connectivity index (χ1) is 6.38. The number of hydrogen-bond acceptors (Lipinski definition) is 2. The summed E-state index contributed by atoms with van der Waals surface area (Å²) in [5.41, 5.74) is 0. The molecule has 2 unspecified atom stereocenters. The summed E-state index contributed by atoms with van der Waals surface area (Å²) in [5, 5.41) is 4.35. The van der Waals surface area contributed by atoms with E-state index < -0.39 is 0 Å². The van der Waals surface area contributed by atoms with Gasteiger partial charge >= 0.3 is 0 Å². The van der Waals surface area contributed by atoms with E-state index in [4.69, 9.17) is 0 Å². The van der Waals surface area contributed by atoms with Gasteiger partial charge in [-0.05, 0) is 32.1 Å². The molecule has 0 aromatic carbocycles. The van der Waals surface area contributed by atoms with Crippen molar-refractivity contribution in [3.05, 3.63) is 0 Å². The van der Waals surface area contributed by atoms with Crippen LogP contribution in [0.2, 0.25) is 0 Å². The average molecular weight is 201 g/mol. The molecule has 0 bridgehead atoms. The van der Waals surface area contributed by atoms with Crippen molar-refractivity contribution in [3.63, 3.8) is 0 Å². The molecule has 1 aliphatic carbocycles. The van der Waals surface area contributed by atoms with E-state index in [2.05, 4.69) is 31.1 Å². The van der Waals surface area contributed by atoms with Gasteiger partial charge in [-0.15, -0.1) is 0 Å². The molecule has 2 atom stereocenters.